The Morgan fingerprint density at radius 3 is 1.92 bits per heavy atom. The van der Waals surface area contributed by atoms with E-state index < -0.39 is 0 Å². The summed E-state index contributed by atoms with van der Waals surface area (Å²) in [4.78, 5) is 4.87. The molecule has 13 heavy (non-hydrogen) atoms. The molecule has 0 aromatic rings. The first-order valence-electron chi connectivity index (χ1n) is 5.68. The molecule has 2 heteroatoms. The lowest BCUT2D eigenvalue weighted by Crippen LogP contribution is -2.46. The summed E-state index contributed by atoms with van der Waals surface area (Å²) in [5.74, 6) is 10.1. The highest BCUT2D eigenvalue weighted by molar-refractivity contribution is 4.97. The van der Waals surface area contributed by atoms with Crippen LogP contribution >= 0.6 is 0 Å². The van der Waals surface area contributed by atoms with Gasteiger partial charge in [0.2, 0.25) is 0 Å². The fraction of sp³-hybridized carbons (Fsp3) is 1.00. The van der Waals surface area contributed by atoms with E-state index in [1.54, 1.807) is 0 Å². The van der Waals surface area contributed by atoms with E-state index in [1.165, 1.54) is 32.1 Å². The van der Waals surface area contributed by atoms with Gasteiger partial charge in [0.05, 0.1) is 6.61 Å². The van der Waals surface area contributed by atoms with Crippen molar-refractivity contribution in [3.8, 4) is 0 Å². The van der Waals surface area contributed by atoms with Crippen LogP contribution in [0.5, 0.6) is 0 Å². The van der Waals surface area contributed by atoms with Crippen molar-refractivity contribution in [2.75, 3.05) is 6.61 Å². The fourth-order valence-corrected chi connectivity index (χ4v) is 4.42. The quantitative estimate of drug-likeness (QED) is 0.661. The normalized spacial score (nSPS) is 52.8. The molecule has 4 rings (SSSR count). The summed E-state index contributed by atoms with van der Waals surface area (Å²) >= 11 is 0. The van der Waals surface area contributed by atoms with E-state index in [9.17, 15) is 0 Å². The van der Waals surface area contributed by atoms with Crippen molar-refractivity contribution in [1.82, 2.24) is 0 Å². The van der Waals surface area contributed by atoms with Crippen LogP contribution in [0.25, 0.3) is 0 Å². The molecule has 0 unspecified atom stereocenters. The molecule has 0 amide bonds. The molecule has 4 saturated carbocycles. The molecule has 4 fully saturated rings. The van der Waals surface area contributed by atoms with Crippen molar-refractivity contribution in [2.24, 2.45) is 35.5 Å². The van der Waals surface area contributed by atoms with Crippen LogP contribution in [0.15, 0.2) is 0 Å². The van der Waals surface area contributed by atoms with Crippen molar-refractivity contribution >= 4 is 0 Å². The number of rotatable bonds is 2. The lowest BCUT2D eigenvalue weighted by atomic mass is 9.52. The molecule has 0 heterocycles. The van der Waals surface area contributed by atoms with Gasteiger partial charge < -0.3 is 4.84 Å². The van der Waals surface area contributed by atoms with Gasteiger partial charge >= 0.3 is 0 Å². The minimum atomic E-state index is 0.804. The topological polar surface area (TPSA) is 35.2 Å². The Labute approximate surface area is 79.8 Å². The zero-order valence-corrected chi connectivity index (χ0v) is 8.11. The predicted octanol–water partition coefficient (Wildman–Crippen LogP) is 1.95. The highest BCUT2D eigenvalue weighted by Crippen LogP contribution is 2.56. The maximum atomic E-state index is 5.21. The van der Waals surface area contributed by atoms with Crippen LogP contribution in [0.4, 0.5) is 0 Å². The Hall–Kier alpha value is -0.0800. The lowest BCUT2D eigenvalue weighted by Gasteiger charge is -2.54. The second kappa shape index (κ2) is 2.96. The predicted molar refractivity (Wildman–Crippen MR) is 50.7 cm³/mol. The SMILES string of the molecule is NOCC1C2CC3CC(C2)CC1C3. The van der Waals surface area contributed by atoms with Gasteiger partial charge in [-0.25, -0.2) is 5.90 Å². The van der Waals surface area contributed by atoms with Crippen LogP contribution in [0.1, 0.15) is 32.1 Å². The van der Waals surface area contributed by atoms with Crippen LogP contribution in [0.3, 0.4) is 0 Å². The van der Waals surface area contributed by atoms with Gasteiger partial charge in [-0.2, -0.15) is 0 Å². The first-order valence-corrected chi connectivity index (χ1v) is 5.68. The molecule has 0 aromatic heterocycles. The van der Waals surface area contributed by atoms with Crippen LogP contribution in [-0.2, 0) is 4.84 Å². The Bertz CT molecular complexity index is 176. The van der Waals surface area contributed by atoms with E-state index in [0.29, 0.717) is 0 Å². The first-order chi connectivity index (χ1) is 6.36. The van der Waals surface area contributed by atoms with E-state index in [4.69, 9.17) is 10.7 Å². The summed E-state index contributed by atoms with van der Waals surface area (Å²) < 4.78 is 0. The molecular weight excluding hydrogens is 162 g/mol. The molecular formula is C11H19NO. The van der Waals surface area contributed by atoms with E-state index in [1.807, 2.05) is 0 Å². The van der Waals surface area contributed by atoms with E-state index in [2.05, 4.69) is 0 Å². The highest BCUT2D eigenvalue weighted by atomic mass is 16.6. The Morgan fingerprint density at radius 2 is 1.46 bits per heavy atom. The van der Waals surface area contributed by atoms with Crippen molar-refractivity contribution < 1.29 is 4.84 Å². The Morgan fingerprint density at radius 1 is 0.923 bits per heavy atom. The standard InChI is InChI=1S/C11H19NO/c12-13-6-11-9-2-7-1-8(4-9)5-10(11)3-7/h7-11H,1-6,12H2. The maximum Gasteiger partial charge on any atom is 0.0712 e. The van der Waals surface area contributed by atoms with Gasteiger partial charge in [-0.1, -0.05) is 0 Å². The van der Waals surface area contributed by atoms with Gasteiger partial charge in [-0.15, -0.1) is 0 Å². The Balaban J connectivity index is 1.77. The largest absolute Gasteiger partial charge is 0.304 e. The fourth-order valence-electron chi connectivity index (χ4n) is 4.42. The van der Waals surface area contributed by atoms with Gasteiger partial charge in [0.25, 0.3) is 0 Å². The molecule has 2 nitrogen and oxygen atoms in total. The molecule has 0 aliphatic heterocycles. The second-order valence-electron chi connectivity index (χ2n) is 5.43. The van der Waals surface area contributed by atoms with Crippen molar-refractivity contribution in [1.29, 1.82) is 0 Å². The molecule has 4 bridgehead atoms. The third kappa shape index (κ3) is 1.23. The van der Waals surface area contributed by atoms with Gasteiger partial charge in [0.15, 0.2) is 0 Å². The van der Waals surface area contributed by atoms with Gasteiger partial charge in [-0.3, -0.25) is 0 Å². The summed E-state index contributed by atoms with van der Waals surface area (Å²) in [6, 6.07) is 0. The van der Waals surface area contributed by atoms with E-state index in [0.717, 1.165) is 36.2 Å². The average Bonchev–Trinajstić information content (AvgIpc) is 2.10. The van der Waals surface area contributed by atoms with Crippen molar-refractivity contribution in [2.45, 2.75) is 32.1 Å². The number of hydrogen-bond acceptors (Lipinski definition) is 2. The monoisotopic (exact) mass is 181 g/mol. The third-order valence-electron chi connectivity index (χ3n) is 4.71. The molecule has 0 atom stereocenters. The summed E-state index contributed by atoms with van der Waals surface area (Å²) in [5.41, 5.74) is 0. The molecule has 74 valence electrons. The lowest BCUT2D eigenvalue weighted by molar-refractivity contribution is -0.0721. The molecule has 2 N–H and O–H groups in total. The van der Waals surface area contributed by atoms with Gasteiger partial charge in [-0.05, 0) is 61.7 Å². The van der Waals surface area contributed by atoms with Gasteiger partial charge in [0, 0.05) is 0 Å². The highest BCUT2D eigenvalue weighted by Gasteiger charge is 2.47. The van der Waals surface area contributed by atoms with Crippen molar-refractivity contribution in [3.05, 3.63) is 0 Å². The number of nitrogens with two attached hydrogens (primary N) is 1. The molecule has 0 spiro atoms. The zero-order chi connectivity index (χ0) is 8.84. The molecule has 0 saturated heterocycles. The van der Waals surface area contributed by atoms with E-state index >= 15 is 0 Å². The van der Waals surface area contributed by atoms with Crippen LogP contribution in [0, 0.1) is 29.6 Å². The first kappa shape index (κ1) is 8.25. The minimum absolute atomic E-state index is 0.804. The smallest absolute Gasteiger partial charge is 0.0712 e. The van der Waals surface area contributed by atoms with Gasteiger partial charge in [0.1, 0.15) is 0 Å². The summed E-state index contributed by atoms with van der Waals surface area (Å²) in [5, 5.41) is 0. The van der Waals surface area contributed by atoms with Crippen LogP contribution < -0.4 is 5.90 Å². The maximum absolute atomic E-state index is 5.21. The minimum Gasteiger partial charge on any atom is -0.304 e. The summed E-state index contributed by atoms with van der Waals surface area (Å²) in [6.07, 6.45) is 7.42. The number of hydrogen-bond donors (Lipinski definition) is 1. The molecule has 0 radical (unpaired) electrons. The average molecular weight is 181 g/mol. The van der Waals surface area contributed by atoms with E-state index in [-0.39, 0.29) is 0 Å². The molecule has 0 aromatic carbocycles. The second-order valence-corrected chi connectivity index (χ2v) is 5.43. The van der Waals surface area contributed by atoms with Crippen LogP contribution in [-0.4, -0.2) is 6.61 Å². The molecule has 4 aliphatic rings. The Kier molecular flexibility index (Phi) is 1.88. The third-order valence-corrected chi connectivity index (χ3v) is 4.71. The van der Waals surface area contributed by atoms with Crippen molar-refractivity contribution in [3.63, 3.8) is 0 Å². The summed E-state index contributed by atoms with van der Waals surface area (Å²) in [7, 11) is 0. The molecule has 4 aliphatic carbocycles. The zero-order valence-electron chi connectivity index (χ0n) is 8.11. The summed E-state index contributed by atoms with van der Waals surface area (Å²) in [6.45, 7) is 0.814. The van der Waals surface area contributed by atoms with Crippen LogP contribution in [0.2, 0.25) is 0 Å².